The maximum atomic E-state index is 13.9. The third kappa shape index (κ3) is 7.25. The van der Waals surface area contributed by atoms with E-state index >= 15 is 0 Å². The smallest absolute Gasteiger partial charge is 0.382 e. The van der Waals surface area contributed by atoms with Gasteiger partial charge in [-0.1, -0.05) is 13.8 Å². The Bertz CT molecular complexity index is 1300. The molecule has 1 fully saturated rings. The molecule has 0 spiro atoms. The van der Waals surface area contributed by atoms with Crippen LogP contribution in [0.25, 0.3) is 5.69 Å². The summed E-state index contributed by atoms with van der Waals surface area (Å²) in [5.41, 5.74) is 6.17. The summed E-state index contributed by atoms with van der Waals surface area (Å²) < 4.78 is 48.7. The molecule has 224 valence electrons. The summed E-state index contributed by atoms with van der Waals surface area (Å²) >= 11 is 0. The van der Waals surface area contributed by atoms with Gasteiger partial charge in [-0.3, -0.25) is 19.6 Å². The first kappa shape index (κ1) is 30.5. The summed E-state index contributed by atoms with van der Waals surface area (Å²) in [7, 11) is 0. The van der Waals surface area contributed by atoms with Crippen molar-refractivity contribution in [3.8, 4) is 5.69 Å². The third-order valence-electron chi connectivity index (χ3n) is 7.64. The van der Waals surface area contributed by atoms with Crippen molar-refractivity contribution in [2.75, 3.05) is 11.9 Å². The Morgan fingerprint density at radius 1 is 1.17 bits per heavy atom. The number of ketones is 1. The number of rotatable bonds is 10. The van der Waals surface area contributed by atoms with Crippen LogP contribution in [0.15, 0.2) is 18.2 Å². The number of hydrogen-bond donors (Lipinski definition) is 4. The molecule has 5 N–H and O–H groups in total. The molecule has 0 unspecified atom stereocenters. The van der Waals surface area contributed by atoms with Gasteiger partial charge in [-0.25, -0.2) is 10.2 Å². The van der Waals surface area contributed by atoms with E-state index in [1.807, 2.05) is 13.8 Å². The van der Waals surface area contributed by atoms with Crippen molar-refractivity contribution in [3.63, 3.8) is 0 Å². The highest BCUT2D eigenvalue weighted by Crippen LogP contribution is 2.42. The van der Waals surface area contributed by atoms with E-state index in [0.717, 1.165) is 25.7 Å². The van der Waals surface area contributed by atoms with Gasteiger partial charge in [0, 0.05) is 31.2 Å². The van der Waals surface area contributed by atoms with Crippen LogP contribution in [-0.4, -0.2) is 51.3 Å². The molecule has 13 heteroatoms. The Kier molecular flexibility index (Phi) is 9.07. The predicted molar refractivity (Wildman–Crippen MR) is 143 cm³/mol. The molecule has 2 amide bonds. The molecule has 2 aromatic rings. The topological polar surface area (TPSA) is 149 Å². The van der Waals surface area contributed by atoms with Gasteiger partial charge in [0.15, 0.2) is 11.5 Å². The number of halogens is 3. The van der Waals surface area contributed by atoms with E-state index < -0.39 is 34.9 Å². The fraction of sp³-hybridized carbons (Fsp3) is 0.571. The second kappa shape index (κ2) is 12.2. The van der Waals surface area contributed by atoms with Crippen LogP contribution in [-0.2, 0) is 22.1 Å². The molecule has 0 atom stereocenters. The van der Waals surface area contributed by atoms with Gasteiger partial charge in [0.1, 0.15) is 0 Å². The van der Waals surface area contributed by atoms with E-state index in [1.165, 1.54) is 16.8 Å². The van der Waals surface area contributed by atoms with Crippen LogP contribution in [0.4, 0.5) is 18.9 Å². The van der Waals surface area contributed by atoms with Crippen LogP contribution in [0.3, 0.4) is 0 Å². The lowest BCUT2D eigenvalue weighted by Crippen LogP contribution is -2.31. The van der Waals surface area contributed by atoms with Gasteiger partial charge in [0.2, 0.25) is 5.91 Å². The van der Waals surface area contributed by atoms with Crippen molar-refractivity contribution in [2.45, 2.75) is 90.0 Å². The van der Waals surface area contributed by atoms with Crippen LogP contribution >= 0.6 is 0 Å². The zero-order valence-corrected chi connectivity index (χ0v) is 23.1. The van der Waals surface area contributed by atoms with Crippen LogP contribution in [0, 0.1) is 5.41 Å². The molecular weight excluding hydrogens is 543 g/mol. The standard InChI is InChI=1S/C28H36F3N5O5/c1-27(2)14-21-24(22(37)15-27)25(28(29,30)31)34-36(21)17-8-11-19(26(32)39)20(13-17)33-16-6-9-18(10-7-16)41-12-4-3-5-23(38)35-40/h8,11,13,16,18,33,40H,3-7,9-10,12,14-15H2,1-2H3,(H2,32,39)(H,35,38). The van der Waals surface area contributed by atoms with Gasteiger partial charge in [-0.15, -0.1) is 0 Å². The number of nitrogens with zero attached hydrogens (tertiary/aromatic N) is 2. The summed E-state index contributed by atoms with van der Waals surface area (Å²) in [6, 6.07) is 4.49. The van der Waals surface area contributed by atoms with Gasteiger partial charge in [0.25, 0.3) is 5.91 Å². The van der Waals surface area contributed by atoms with Crippen molar-refractivity contribution in [2.24, 2.45) is 11.1 Å². The number of Topliss-reactive ketones (excluding diaryl/α,β-unsaturated/α-hetero) is 1. The summed E-state index contributed by atoms with van der Waals surface area (Å²) in [4.78, 5) is 36.1. The quantitative estimate of drug-likeness (QED) is 0.183. The normalized spacial score (nSPS) is 20.4. The number of primary amides is 1. The fourth-order valence-corrected chi connectivity index (χ4v) is 5.65. The zero-order valence-electron chi connectivity index (χ0n) is 23.1. The highest BCUT2D eigenvalue weighted by atomic mass is 19.4. The number of hydroxylamine groups is 1. The molecule has 10 nitrogen and oxygen atoms in total. The molecule has 0 aliphatic heterocycles. The van der Waals surface area contributed by atoms with Gasteiger partial charge in [-0.05, 0) is 68.6 Å². The molecule has 2 aliphatic carbocycles. The first-order valence-corrected chi connectivity index (χ1v) is 13.8. The van der Waals surface area contributed by atoms with Crippen molar-refractivity contribution >= 4 is 23.3 Å². The second-order valence-corrected chi connectivity index (χ2v) is 11.6. The molecule has 1 saturated carbocycles. The van der Waals surface area contributed by atoms with E-state index in [4.69, 9.17) is 15.7 Å². The Morgan fingerprint density at radius 2 is 1.88 bits per heavy atom. The number of nitrogens with one attached hydrogen (secondary N) is 2. The number of anilines is 1. The number of unbranched alkanes of at least 4 members (excludes halogenated alkanes) is 1. The van der Waals surface area contributed by atoms with E-state index in [2.05, 4.69) is 10.4 Å². The molecular formula is C28H36F3N5O5. The van der Waals surface area contributed by atoms with Gasteiger partial charge >= 0.3 is 6.18 Å². The number of carbonyl (C=O) groups is 3. The minimum Gasteiger partial charge on any atom is -0.382 e. The molecule has 2 aliphatic rings. The maximum Gasteiger partial charge on any atom is 0.435 e. The van der Waals surface area contributed by atoms with E-state index in [1.54, 1.807) is 11.5 Å². The predicted octanol–water partition coefficient (Wildman–Crippen LogP) is 4.56. The molecule has 1 aromatic carbocycles. The molecule has 0 saturated heterocycles. The average molecular weight is 580 g/mol. The van der Waals surface area contributed by atoms with Crippen LogP contribution in [0.5, 0.6) is 0 Å². The summed E-state index contributed by atoms with van der Waals surface area (Å²) in [5.74, 6) is -1.70. The highest BCUT2D eigenvalue weighted by Gasteiger charge is 2.45. The lowest BCUT2D eigenvalue weighted by molar-refractivity contribution is -0.141. The second-order valence-electron chi connectivity index (χ2n) is 11.6. The van der Waals surface area contributed by atoms with E-state index in [0.29, 0.717) is 30.8 Å². The van der Waals surface area contributed by atoms with Crippen molar-refractivity contribution in [3.05, 3.63) is 40.7 Å². The van der Waals surface area contributed by atoms with Gasteiger partial charge < -0.3 is 15.8 Å². The third-order valence-corrected chi connectivity index (χ3v) is 7.64. The molecule has 1 heterocycles. The van der Waals surface area contributed by atoms with Crippen LogP contribution < -0.4 is 16.5 Å². The first-order valence-electron chi connectivity index (χ1n) is 13.8. The number of amides is 2. The summed E-state index contributed by atoms with van der Waals surface area (Å²) in [6.45, 7) is 4.16. The Morgan fingerprint density at radius 3 is 2.51 bits per heavy atom. The Balaban J connectivity index is 1.50. The van der Waals surface area contributed by atoms with E-state index in [9.17, 15) is 27.6 Å². The molecule has 4 rings (SSSR count). The lowest BCUT2D eigenvalue weighted by Gasteiger charge is -2.31. The number of alkyl halides is 3. The van der Waals surface area contributed by atoms with Crippen molar-refractivity contribution in [1.29, 1.82) is 0 Å². The maximum absolute atomic E-state index is 13.9. The average Bonchev–Trinajstić information content (AvgIpc) is 3.28. The van der Waals surface area contributed by atoms with Crippen LogP contribution in [0.2, 0.25) is 0 Å². The summed E-state index contributed by atoms with van der Waals surface area (Å²) in [5, 5.41) is 15.7. The molecule has 0 radical (unpaired) electrons. The fourth-order valence-electron chi connectivity index (χ4n) is 5.65. The number of ether oxygens (including phenoxy) is 1. The Hall–Kier alpha value is -3.45. The molecule has 1 aromatic heterocycles. The minimum absolute atomic E-state index is 0.00451. The zero-order chi connectivity index (χ0) is 29.9. The van der Waals surface area contributed by atoms with E-state index in [-0.39, 0.29) is 48.2 Å². The van der Waals surface area contributed by atoms with Gasteiger partial charge in [-0.2, -0.15) is 18.3 Å². The largest absolute Gasteiger partial charge is 0.435 e. The summed E-state index contributed by atoms with van der Waals surface area (Å²) in [6.07, 6.45) is 0.000785. The van der Waals surface area contributed by atoms with Crippen LogP contribution in [0.1, 0.15) is 97.3 Å². The number of fused-ring (bicyclic) bond motifs is 1. The number of aromatic nitrogens is 2. The number of nitrogens with two attached hydrogens (primary N) is 1. The number of benzene rings is 1. The van der Waals surface area contributed by atoms with Crippen molar-refractivity contribution in [1.82, 2.24) is 15.3 Å². The highest BCUT2D eigenvalue weighted by molar-refractivity contribution is 6.00. The number of hydrogen-bond acceptors (Lipinski definition) is 7. The number of carbonyl (C=O) groups excluding carboxylic acids is 3. The lowest BCUT2D eigenvalue weighted by atomic mass is 9.75. The Labute approximate surface area is 235 Å². The van der Waals surface area contributed by atoms with Crippen molar-refractivity contribution < 1.29 is 37.5 Å². The monoisotopic (exact) mass is 579 g/mol. The molecule has 0 bridgehead atoms. The first-order chi connectivity index (χ1) is 19.3. The minimum atomic E-state index is -4.80. The van der Waals surface area contributed by atoms with Gasteiger partial charge in [0.05, 0.1) is 28.6 Å². The molecule has 41 heavy (non-hydrogen) atoms. The SMILES string of the molecule is CC1(C)CC(=O)c2c(C(F)(F)F)nn(-c3ccc(C(N)=O)c(NC4CCC(OCCCCC(=O)NO)CC4)c3)c2C1.